The summed E-state index contributed by atoms with van der Waals surface area (Å²) in [5.74, 6) is -0.464. The molecule has 0 saturated heterocycles. The molecule has 0 saturated carbocycles. The quantitative estimate of drug-likeness (QED) is 0.920. The average Bonchev–Trinajstić information content (AvgIpc) is 2.48. The molecule has 2 N–H and O–H groups in total. The van der Waals surface area contributed by atoms with Crippen molar-refractivity contribution in [2.45, 2.75) is 18.0 Å². The van der Waals surface area contributed by atoms with Gasteiger partial charge in [0.25, 0.3) is 0 Å². The second-order valence-electron chi connectivity index (χ2n) is 4.74. The fourth-order valence-corrected chi connectivity index (χ4v) is 3.07. The number of nitrogens with zero attached hydrogens (tertiary/aromatic N) is 1. The van der Waals surface area contributed by atoms with Gasteiger partial charge in [-0.3, -0.25) is 0 Å². The van der Waals surface area contributed by atoms with Gasteiger partial charge in [-0.2, -0.15) is 4.31 Å². The van der Waals surface area contributed by atoms with Gasteiger partial charge >= 0.3 is 0 Å². The molecule has 4 nitrogen and oxygen atoms in total. The molecule has 0 aromatic heterocycles. The zero-order chi connectivity index (χ0) is 15.5. The highest BCUT2D eigenvalue weighted by atomic mass is 32.2. The number of hydrogen-bond donors (Lipinski definition) is 1. The lowest BCUT2D eigenvalue weighted by Crippen LogP contribution is -2.26. The zero-order valence-electron chi connectivity index (χ0n) is 11.7. The van der Waals surface area contributed by atoms with E-state index in [4.69, 9.17) is 5.73 Å². The Kier molecular flexibility index (Phi) is 4.72. The molecule has 112 valence electrons. The maximum absolute atomic E-state index is 12.9. The van der Waals surface area contributed by atoms with E-state index in [2.05, 4.69) is 0 Å². The summed E-state index contributed by atoms with van der Waals surface area (Å²) in [4.78, 5) is 0.0741. The zero-order valence-corrected chi connectivity index (χ0v) is 12.5. The van der Waals surface area contributed by atoms with Crippen LogP contribution in [-0.2, 0) is 23.1 Å². The third-order valence-corrected chi connectivity index (χ3v) is 5.00. The second kappa shape index (κ2) is 6.34. The van der Waals surface area contributed by atoms with E-state index in [9.17, 15) is 12.8 Å². The number of rotatable bonds is 5. The Balaban J connectivity index is 2.17. The van der Waals surface area contributed by atoms with Crippen LogP contribution in [0.4, 0.5) is 4.39 Å². The molecular weight excluding hydrogens is 291 g/mol. The topological polar surface area (TPSA) is 63.4 Å². The minimum absolute atomic E-state index is 0.0741. The van der Waals surface area contributed by atoms with Gasteiger partial charge in [0.1, 0.15) is 5.82 Å². The molecular formula is C15H17FN2O2S. The first kappa shape index (κ1) is 15.6. The summed E-state index contributed by atoms with van der Waals surface area (Å²) in [5.41, 5.74) is 7.37. The summed E-state index contributed by atoms with van der Waals surface area (Å²) >= 11 is 0. The molecule has 0 aliphatic rings. The average molecular weight is 308 g/mol. The molecule has 0 aliphatic carbocycles. The van der Waals surface area contributed by atoms with Gasteiger partial charge in [-0.1, -0.05) is 24.3 Å². The molecule has 0 bridgehead atoms. The second-order valence-corrected chi connectivity index (χ2v) is 6.78. The van der Waals surface area contributed by atoms with Crippen LogP contribution >= 0.6 is 0 Å². The standard InChI is InChI=1S/C15H17FN2O2S/c1-18(11-13-4-2-12(10-17)3-5-13)21(19,20)15-8-6-14(16)7-9-15/h2-9H,10-11,17H2,1H3. The van der Waals surface area contributed by atoms with Crippen molar-refractivity contribution in [3.63, 3.8) is 0 Å². The Labute approximate surface area is 124 Å². The van der Waals surface area contributed by atoms with Gasteiger partial charge in [-0.15, -0.1) is 0 Å². The van der Waals surface area contributed by atoms with Gasteiger partial charge in [-0.05, 0) is 35.4 Å². The first-order valence-electron chi connectivity index (χ1n) is 6.43. The van der Waals surface area contributed by atoms with Crippen LogP contribution in [0.5, 0.6) is 0 Å². The van der Waals surface area contributed by atoms with Gasteiger partial charge in [-0.25, -0.2) is 12.8 Å². The number of halogens is 1. The molecule has 0 atom stereocenters. The highest BCUT2D eigenvalue weighted by Crippen LogP contribution is 2.17. The number of sulfonamides is 1. The van der Waals surface area contributed by atoms with E-state index in [-0.39, 0.29) is 11.4 Å². The van der Waals surface area contributed by atoms with Crippen molar-refractivity contribution in [1.29, 1.82) is 0 Å². The van der Waals surface area contributed by atoms with E-state index in [1.807, 2.05) is 24.3 Å². The number of hydrogen-bond acceptors (Lipinski definition) is 3. The molecule has 2 aromatic carbocycles. The molecule has 0 aliphatic heterocycles. The largest absolute Gasteiger partial charge is 0.326 e. The smallest absolute Gasteiger partial charge is 0.243 e. The van der Waals surface area contributed by atoms with Crippen molar-refractivity contribution in [2.24, 2.45) is 5.73 Å². The van der Waals surface area contributed by atoms with Gasteiger partial charge in [0.05, 0.1) is 4.90 Å². The van der Waals surface area contributed by atoms with E-state index in [0.717, 1.165) is 23.3 Å². The van der Waals surface area contributed by atoms with E-state index in [1.54, 1.807) is 0 Å². The third kappa shape index (κ3) is 3.66. The Bertz CT molecular complexity index is 697. The molecule has 21 heavy (non-hydrogen) atoms. The first-order chi connectivity index (χ1) is 9.93. The molecule has 0 unspecified atom stereocenters. The van der Waals surface area contributed by atoms with Gasteiger partial charge < -0.3 is 5.73 Å². The molecule has 0 radical (unpaired) electrons. The third-order valence-electron chi connectivity index (χ3n) is 3.19. The van der Waals surface area contributed by atoms with Crippen molar-refractivity contribution in [1.82, 2.24) is 4.31 Å². The van der Waals surface area contributed by atoms with Crippen LogP contribution < -0.4 is 5.73 Å². The van der Waals surface area contributed by atoms with Crippen molar-refractivity contribution in [2.75, 3.05) is 7.05 Å². The van der Waals surface area contributed by atoms with Crippen LogP contribution in [-0.4, -0.2) is 19.8 Å². The van der Waals surface area contributed by atoms with Crippen LogP contribution in [0.25, 0.3) is 0 Å². The predicted octanol–water partition coefficient (Wildman–Crippen LogP) is 2.11. The summed E-state index contributed by atoms with van der Waals surface area (Å²) in [6, 6.07) is 12.2. The molecule has 2 rings (SSSR count). The monoisotopic (exact) mass is 308 g/mol. The summed E-state index contributed by atoms with van der Waals surface area (Å²) in [5, 5.41) is 0. The summed E-state index contributed by atoms with van der Waals surface area (Å²) in [7, 11) is -2.13. The van der Waals surface area contributed by atoms with Crippen LogP contribution in [0.15, 0.2) is 53.4 Å². The molecule has 0 heterocycles. The molecule has 6 heteroatoms. The van der Waals surface area contributed by atoms with Gasteiger partial charge in [0.15, 0.2) is 0 Å². The summed E-state index contributed by atoms with van der Waals surface area (Å²) in [6.45, 7) is 0.689. The van der Waals surface area contributed by atoms with Crippen molar-refractivity contribution in [3.8, 4) is 0 Å². The van der Waals surface area contributed by atoms with E-state index >= 15 is 0 Å². The van der Waals surface area contributed by atoms with Crippen molar-refractivity contribution >= 4 is 10.0 Å². The van der Waals surface area contributed by atoms with E-state index in [1.165, 1.54) is 23.5 Å². The maximum atomic E-state index is 12.9. The van der Waals surface area contributed by atoms with E-state index < -0.39 is 15.8 Å². The highest BCUT2D eigenvalue weighted by molar-refractivity contribution is 7.89. The Morgan fingerprint density at radius 2 is 1.52 bits per heavy atom. The van der Waals surface area contributed by atoms with Crippen molar-refractivity contribution in [3.05, 3.63) is 65.5 Å². The van der Waals surface area contributed by atoms with Gasteiger partial charge in [0, 0.05) is 20.1 Å². The lowest BCUT2D eigenvalue weighted by atomic mass is 10.1. The predicted molar refractivity (Wildman–Crippen MR) is 79.4 cm³/mol. The van der Waals surface area contributed by atoms with E-state index in [0.29, 0.717) is 6.54 Å². The fourth-order valence-electron chi connectivity index (χ4n) is 1.91. The van der Waals surface area contributed by atoms with Crippen LogP contribution in [0.2, 0.25) is 0 Å². The molecule has 0 spiro atoms. The van der Waals surface area contributed by atoms with Crippen LogP contribution in [0.1, 0.15) is 11.1 Å². The summed E-state index contributed by atoms with van der Waals surface area (Å²) in [6.07, 6.45) is 0. The fraction of sp³-hybridized carbons (Fsp3) is 0.200. The highest BCUT2D eigenvalue weighted by Gasteiger charge is 2.20. The lowest BCUT2D eigenvalue weighted by Gasteiger charge is -2.17. The number of benzene rings is 2. The molecule has 0 amide bonds. The molecule has 2 aromatic rings. The minimum Gasteiger partial charge on any atom is -0.326 e. The minimum atomic E-state index is -3.63. The Hall–Kier alpha value is -1.76. The summed E-state index contributed by atoms with van der Waals surface area (Å²) < 4.78 is 38.8. The van der Waals surface area contributed by atoms with Crippen LogP contribution in [0, 0.1) is 5.82 Å². The maximum Gasteiger partial charge on any atom is 0.243 e. The first-order valence-corrected chi connectivity index (χ1v) is 7.87. The van der Waals surface area contributed by atoms with Crippen LogP contribution in [0.3, 0.4) is 0 Å². The molecule has 0 fully saturated rings. The number of nitrogens with two attached hydrogens (primary N) is 1. The van der Waals surface area contributed by atoms with Gasteiger partial charge in [0.2, 0.25) is 10.0 Å². The Morgan fingerprint density at radius 1 is 1.00 bits per heavy atom. The lowest BCUT2D eigenvalue weighted by molar-refractivity contribution is 0.466. The van der Waals surface area contributed by atoms with Crippen molar-refractivity contribution < 1.29 is 12.8 Å². The SMILES string of the molecule is CN(Cc1ccc(CN)cc1)S(=O)(=O)c1ccc(F)cc1. The Morgan fingerprint density at radius 3 is 2.05 bits per heavy atom. The normalized spacial score (nSPS) is 11.8.